The fourth-order valence-electron chi connectivity index (χ4n) is 0.847. The van der Waals surface area contributed by atoms with Gasteiger partial charge in [0.05, 0.1) is 6.04 Å². The number of nitrogens with zero attached hydrogens (tertiary/aromatic N) is 2. The molecule has 0 aromatic carbocycles. The van der Waals surface area contributed by atoms with Gasteiger partial charge in [-0.3, -0.25) is 9.48 Å². The highest BCUT2D eigenvalue weighted by Gasteiger charge is 2.10. The van der Waals surface area contributed by atoms with E-state index >= 15 is 0 Å². The summed E-state index contributed by atoms with van der Waals surface area (Å²) >= 11 is 0. The molecule has 1 atom stereocenters. The minimum absolute atomic E-state index is 0.0822. The molecule has 0 aliphatic rings. The van der Waals surface area contributed by atoms with E-state index in [4.69, 9.17) is 0 Å². The second-order valence-corrected chi connectivity index (χ2v) is 2.87. The third kappa shape index (κ3) is 2.55. The van der Waals surface area contributed by atoms with Crippen LogP contribution < -0.4 is 10.6 Å². The van der Waals surface area contributed by atoms with Crippen LogP contribution >= 0.6 is 0 Å². The van der Waals surface area contributed by atoms with Gasteiger partial charge in [-0.15, -0.1) is 0 Å². The van der Waals surface area contributed by atoms with E-state index in [9.17, 15) is 4.79 Å². The second-order valence-electron chi connectivity index (χ2n) is 2.87. The number of hydrogen-bond acceptors (Lipinski definition) is 3. The number of likely N-dealkylation sites (N-methyl/N-ethyl adjacent to an activating group) is 1. The van der Waals surface area contributed by atoms with Gasteiger partial charge in [-0.05, 0) is 14.0 Å². The molecule has 0 aliphatic carbocycles. The van der Waals surface area contributed by atoms with Gasteiger partial charge in [0.25, 0.3) is 0 Å². The van der Waals surface area contributed by atoms with Crippen molar-refractivity contribution < 1.29 is 4.79 Å². The second kappa shape index (κ2) is 4.04. The van der Waals surface area contributed by atoms with Gasteiger partial charge in [0, 0.05) is 19.3 Å². The number of aryl methyl sites for hydroxylation is 1. The highest BCUT2D eigenvalue weighted by Crippen LogP contribution is 2.01. The Morgan fingerprint density at radius 2 is 2.38 bits per heavy atom. The van der Waals surface area contributed by atoms with Crippen molar-refractivity contribution >= 4 is 11.7 Å². The minimum Gasteiger partial charge on any atom is -0.309 e. The van der Waals surface area contributed by atoms with E-state index < -0.39 is 0 Å². The van der Waals surface area contributed by atoms with E-state index in [1.165, 1.54) is 0 Å². The number of anilines is 1. The molecule has 1 unspecified atom stereocenters. The fraction of sp³-hybridized carbons (Fsp3) is 0.500. The third-order valence-electron chi connectivity index (χ3n) is 1.79. The summed E-state index contributed by atoms with van der Waals surface area (Å²) in [5.41, 5.74) is 0. The van der Waals surface area contributed by atoms with Crippen molar-refractivity contribution in [3.63, 3.8) is 0 Å². The molecular weight excluding hydrogens is 168 g/mol. The predicted octanol–water partition coefficient (Wildman–Crippen LogP) is -0.0335. The van der Waals surface area contributed by atoms with Crippen LogP contribution in [-0.2, 0) is 11.8 Å². The maximum absolute atomic E-state index is 11.3. The Kier molecular flexibility index (Phi) is 3.02. The molecule has 5 nitrogen and oxygen atoms in total. The molecule has 0 spiro atoms. The van der Waals surface area contributed by atoms with Crippen LogP contribution in [0.2, 0.25) is 0 Å². The summed E-state index contributed by atoms with van der Waals surface area (Å²) in [4.78, 5) is 11.3. The van der Waals surface area contributed by atoms with Gasteiger partial charge in [0.2, 0.25) is 5.91 Å². The molecule has 0 radical (unpaired) electrons. The molecule has 72 valence electrons. The standard InChI is InChI=1S/C8H14N4O/c1-6(9-2)8(13)10-7-4-5-12(3)11-7/h4-6,9H,1-3H3,(H,10,11,13). The van der Waals surface area contributed by atoms with Crippen LogP contribution in [0.25, 0.3) is 0 Å². The molecule has 0 saturated carbocycles. The van der Waals surface area contributed by atoms with Gasteiger partial charge in [-0.2, -0.15) is 5.10 Å². The van der Waals surface area contributed by atoms with Crippen molar-refractivity contribution in [1.29, 1.82) is 0 Å². The molecule has 2 N–H and O–H groups in total. The zero-order valence-electron chi connectivity index (χ0n) is 8.03. The highest BCUT2D eigenvalue weighted by atomic mass is 16.2. The third-order valence-corrected chi connectivity index (χ3v) is 1.79. The van der Waals surface area contributed by atoms with Crippen molar-refractivity contribution in [2.45, 2.75) is 13.0 Å². The highest BCUT2D eigenvalue weighted by molar-refractivity contribution is 5.93. The molecule has 1 heterocycles. The Morgan fingerprint density at radius 3 is 2.85 bits per heavy atom. The lowest BCUT2D eigenvalue weighted by Crippen LogP contribution is -2.35. The summed E-state index contributed by atoms with van der Waals surface area (Å²) in [7, 11) is 3.54. The Bertz CT molecular complexity index is 294. The first kappa shape index (κ1) is 9.73. The summed E-state index contributed by atoms with van der Waals surface area (Å²) in [5.74, 6) is 0.496. The topological polar surface area (TPSA) is 59.0 Å². The minimum atomic E-state index is -0.206. The maximum atomic E-state index is 11.3. The summed E-state index contributed by atoms with van der Waals surface area (Å²) in [6, 6.07) is 1.54. The van der Waals surface area contributed by atoms with E-state index in [2.05, 4.69) is 15.7 Å². The molecule has 0 aliphatic heterocycles. The van der Waals surface area contributed by atoms with Gasteiger partial charge in [-0.1, -0.05) is 0 Å². The molecule has 1 aromatic rings. The van der Waals surface area contributed by atoms with Crippen molar-refractivity contribution in [2.75, 3.05) is 12.4 Å². The van der Waals surface area contributed by atoms with Crippen molar-refractivity contribution in [3.05, 3.63) is 12.3 Å². The number of amides is 1. The lowest BCUT2D eigenvalue weighted by Gasteiger charge is -2.08. The van der Waals surface area contributed by atoms with E-state index in [1.54, 1.807) is 38.0 Å². The average Bonchev–Trinajstić information content (AvgIpc) is 2.49. The van der Waals surface area contributed by atoms with Crippen LogP contribution in [0.5, 0.6) is 0 Å². The van der Waals surface area contributed by atoms with Crippen molar-refractivity contribution in [1.82, 2.24) is 15.1 Å². The summed E-state index contributed by atoms with van der Waals surface area (Å²) in [6.07, 6.45) is 1.78. The molecule has 13 heavy (non-hydrogen) atoms. The maximum Gasteiger partial charge on any atom is 0.242 e. The van der Waals surface area contributed by atoms with Gasteiger partial charge in [0.15, 0.2) is 5.82 Å². The molecule has 0 saturated heterocycles. The van der Waals surface area contributed by atoms with Crippen LogP contribution in [0.15, 0.2) is 12.3 Å². The number of hydrogen-bond donors (Lipinski definition) is 2. The van der Waals surface area contributed by atoms with Crippen LogP contribution in [0.4, 0.5) is 5.82 Å². The normalized spacial score (nSPS) is 12.5. The summed E-state index contributed by atoms with van der Waals surface area (Å²) in [5, 5.41) is 9.55. The van der Waals surface area contributed by atoms with E-state index in [0.717, 1.165) is 0 Å². The number of rotatable bonds is 3. The largest absolute Gasteiger partial charge is 0.309 e. The van der Waals surface area contributed by atoms with Crippen LogP contribution in [0.3, 0.4) is 0 Å². The first-order chi connectivity index (χ1) is 6.13. The first-order valence-electron chi connectivity index (χ1n) is 4.11. The lowest BCUT2D eigenvalue weighted by atomic mass is 10.3. The van der Waals surface area contributed by atoms with Crippen LogP contribution in [-0.4, -0.2) is 28.8 Å². The van der Waals surface area contributed by atoms with Gasteiger partial charge in [-0.25, -0.2) is 0 Å². The Balaban J connectivity index is 2.54. The molecular formula is C8H14N4O. The van der Waals surface area contributed by atoms with Crippen LogP contribution in [0.1, 0.15) is 6.92 Å². The Labute approximate surface area is 77.1 Å². The van der Waals surface area contributed by atoms with Gasteiger partial charge < -0.3 is 10.6 Å². The summed E-state index contributed by atoms with van der Waals surface area (Å²) < 4.78 is 1.64. The number of carbonyl (C=O) groups excluding carboxylic acids is 1. The number of aromatic nitrogens is 2. The zero-order chi connectivity index (χ0) is 9.84. The molecule has 1 amide bonds. The fourth-order valence-corrected chi connectivity index (χ4v) is 0.847. The van der Waals surface area contributed by atoms with Crippen LogP contribution in [0, 0.1) is 0 Å². The first-order valence-corrected chi connectivity index (χ1v) is 4.11. The molecule has 0 bridgehead atoms. The SMILES string of the molecule is CNC(C)C(=O)Nc1ccn(C)n1. The Morgan fingerprint density at radius 1 is 1.69 bits per heavy atom. The molecule has 1 rings (SSSR count). The zero-order valence-corrected chi connectivity index (χ0v) is 8.03. The molecule has 0 fully saturated rings. The van der Waals surface area contributed by atoms with Gasteiger partial charge in [0.1, 0.15) is 0 Å². The average molecular weight is 182 g/mol. The predicted molar refractivity (Wildman–Crippen MR) is 50.4 cm³/mol. The quantitative estimate of drug-likeness (QED) is 0.690. The van der Waals surface area contributed by atoms with E-state index in [-0.39, 0.29) is 11.9 Å². The molecule has 5 heteroatoms. The molecule has 1 aromatic heterocycles. The van der Waals surface area contributed by atoms with E-state index in [1.807, 2.05) is 0 Å². The summed E-state index contributed by atoms with van der Waals surface area (Å²) in [6.45, 7) is 1.79. The van der Waals surface area contributed by atoms with E-state index in [0.29, 0.717) is 5.82 Å². The van der Waals surface area contributed by atoms with Crippen molar-refractivity contribution in [2.24, 2.45) is 7.05 Å². The van der Waals surface area contributed by atoms with Gasteiger partial charge >= 0.3 is 0 Å². The Hall–Kier alpha value is -1.36. The number of nitrogens with one attached hydrogen (secondary N) is 2. The lowest BCUT2D eigenvalue weighted by molar-refractivity contribution is -0.117. The smallest absolute Gasteiger partial charge is 0.242 e. The van der Waals surface area contributed by atoms with Crippen molar-refractivity contribution in [3.8, 4) is 0 Å². The monoisotopic (exact) mass is 182 g/mol. The number of carbonyl (C=O) groups is 1.